The fraction of sp³-hybridized carbons (Fsp3) is 0.235. The van der Waals surface area contributed by atoms with Crippen LogP contribution in [-0.2, 0) is 0 Å². The number of carbonyl (C=O) groups is 1. The molecule has 1 amide bonds. The van der Waals surface area contributed by atoms with Crippen LogP contribution in [0.4, 0.5) is 5.13 Å². The topological polar surface area (TPSA) is 64.1 Å². The molecule has 1 aromatic carbocycles. The second kappa shape index (κ2) is 6.70. The van der Waals surface area contributed by atoms with Gasteiger partial charge in [0.2, 0.25) is 0 Å². The van der Waals surface area contributed by atoms with E-state index < -0.39 is 0 Å². The molecule has 0 aliphatic heterocycles. The molecule has 2 heterocycles. The number of carbonyl (C=O) groups excluding carboxylic acids is 1. The van der Waals surface area contributed by atoms with Crippen LogP contribution in [0.2, 0.25) is 0 Å². The largest absolute Gasteiger partial charge is 0.497 e. The number of rotatable bonds is 4. The number of aryl methyl sites for hydroxylation is 3. The molecule has 24 heavy (non-hydrogen) atoms. The number of anilines is 1. The van der Waals surface area contributed by atoms with Gasteiger partial charge in [-0.15, -0.1) is 22.7 Å². The minimum absolute atomic E-state index is 0.159. The van der Waals surface area contributed by atoms with E-state index >= 15 is 0 Å². The predicted molar refractivity (Wildman–Crippen MR) is 98.4 cm³/mol. The average molecular weight is 359 g/mol. The van der Waals surface area contributed by atoms with Crippen LogP contribution >= 0.6 is 22.7 Å². The first-order chi connectivity index (χ1) is 11.5. The van der Waals surface area contributed by atoms with Gasteiger partial charge in [-0.2, -0.15) is 0 Å². The number of hydrogen-bond acceptors (Lipinski definition) is 6. The van der Waals surface area contributed by atoms with Crippen LogP contribution in [0.25, 0.3) is 11.3 Å². The van der Waals surface area contributed by atoms with E-state index in [0.717, 1.165) is 32.6 Å². The minimum Gasteiger partial charge on any atom is -0.497 e. The van der Waals surface area contributed by atoms with Gasteiger partial charge in [0.1, 0.15) is 10.6 Å². The van der Waals surface area contributed by atoms with Crippen molar-refractivity contribution < 1.29 is 9.53 Å². The van der Waals surface area contributed by atoms with Crippen LogP contribution in [0, 0.1) is 20.8 Å². The van der Waals surface area contributed by atoms with Gasteiger partial charge in [0.25, 0.3) is 5.91 Å². The number of hydrogen-bond donors (Lipinski definition) is 1. The number of amides is 1. The molecule has 0 saturated carbocycles. The van der Waals surface area contributed by atoms with Crippen molar-refractivity contribution in [2.24, 2.45) is 0 Å². The Morgan fingerprint density at radius 3 is 2.38 bits per heavy atom. The fourth-order valence-electron chi connectivity index (χ4n) is 2.36. The molecule has 0 bridgehead atoms. The van der Waals surface area contributed by atoms with Crippen LogP contribution in [0.15, 0.2) is 24.3 Å². The van der Waals surface area contributed by atoms with Crippen LogP contribution in [-0.4, -0.2) is 23.0 Å². The van der Waals surface area contributed by atoms with Crippen molar-refractivity contribution in [3.05, 3.63) is 44.7 Å². The molecule has 0 aliphatic rings. The molecular weight excluding hydrogens is 342 g/mol. The Kier molecular flexibility index (Phi) is 4.64. The van der Waals surface area contributed by atoms with E-state index in [2.05, 4.69) is 15.3 Å². The highest BCUT2D eigenvalue weighted by atomic mass is 32.1. The van der Waals surface area contributed by atoms with E-state index in [0.29, 0.717) is 10.0 Å². The molecule has 7 heteroatoms. The van der Waals surface area contributed by atoms with Crippen molar-refractivity contribution in [1.29, 1.82) is 0 Å². The lowest BCUT2D eigenvalue weighted by molar-refractivity contribution is 0.103. The van der Waals surface area contributed by atoms with Gasteiger partial charge >= 0.3 is 0 Å². The number of ether oxygens (including phenoxy) is 1. The standard InChI is InChI=1S/C17H17N3O2S2/c1-9-15(24-11(3)18-9)16(21)20-17-19-14(10(2)23-17)12-5-7-13(22-4)8-6-12/h5-8H,1-4H3,(H,19,20,21). The van der Waals surface area contributed by atoms with Gasteiger partial charge in [-0.05, 0) is 45.0 Å². The Hall–Kier alpha value is -2.25. The molecular formula is C17H17N3O2S2. The van der Waals surface area contributed by atoms with E-state index in [9.17, 15) is 4.79 Å². The van der Waals surface area contributed by atoms with Crippen molar-refractivity contribution in [2.75, 3.05) is 12.4 Å². The molecule has 0 atom stereocenters. The maximum absolute atomic E-state index is 12.4. The van der Waals surface area contributed by atoms with Crippen molar-refractivity contribution in [1.82, 2.24) is 9.97 Å². The number of aromatic nitrogens is 2. The second-order valence-corrected chi connectivity index (χ2v) is 7.66. The number of nitrogens with zero attached hydrogens (tertiary/aromatic N) is 2. The predicted octanol–water partition coefficient (Wildman–Crippen LogP) is 4.45. The zero-order chi connectivity index (χ0) is 17.3. The highest BCUT2D eigenvalue weighted by Crippen LogP contribution is 2.32. The van der Waals surface area contributed by atoms with Crippen molar-refractivity contribution in [3.63, 3.8) is 0 Å². The molecule has 124 valence electrons. The SMILES string of the molecule is COc1ccc(-c2nc(NC(=O)c3sc(C)nc3C)sc2C)cc1. The Balaban J connectivity index is 1.83. The average Bonchev–Trinajstić information content (AvgIpc) is 3.09. The highest BCUT2D eigenvalue weighted by molar-refractivity contribution is 7.16. The lowest BCUT2D eigenvalue weighted by Crippen LogP contribution is -2.11. The van der Waals surface area contributed by atoms with E-state index in [-0.39, 0.29) is 5.91 Å². The zero-order valence-corrected chi connectivity index (χ0v) is 15.5. The third kappa shape index (κ3) is 3.32. The smallest absolute Gasteiger partial charge is 0.269 e. The third-order valence-corrected chi connectivity index (χ3v) is 5.45. The number of nitrogens with one attached hydrogen (secondary N) is 1. The van der Waals surface area contributed by atoms with E-state index in [4.69, 9.17) is 4.74 Å². The molecule has 3 aromatic rings. The summed E-state index contributed by atoms with van der Waals surface area (Å²) in [5.41, 5.74) is 2.61. The first-order valence-corrected chi connectivity index (χ1v) is 8.98. The normalized spacial score (nSPS) is 10.7. The Morgan fingerprint density at radius 2 is 1.79 bits per heavy atom. The van der Waals surface area contributed by atoms with Gasteiger partial charge in [0.15, 0.2) is 5.13 Å². The molecule has 0 aliphatic carbocycles. The lowest BCUT2D eigenvalue weighted by Gasteiger charge is -2.02. The third-order valence-electron chi connectivity index (χ3n) is 3.49. The fourth-order valence-corrected chi connectivity index (χ4v) is 4.01. The summed E-state index contributed by atoms with van der Waals surface area (Å²) in [6, 6.07) is 7.72. The monoisotopic (exact) mass is 359 g/mol. The summed E-state index contributed by atoms with van der Waals surface area (Å²) in [5, 5.41) is 4.35. The molecule has 2 aromatic heterocycles. The summed E-state index contributed by atoms with van der Waals surface area (Å²) < 4.78 is 5.18. The molecule has 0 spiro atoms. The van der Waals surface area contributed by atoms with Gasteiger partial charge in [-0.25, -0.2) is 9.97 Å². The van der Waals surface area contributed by atoms with Crippen molar-refractivity contribution >= 4 is 33.7 Å². The van der Waals surface area contributed by atoms with Crippen molar-refractivity contribution in [3.8, 4) is 17.0 Å². The Morgan fingerprint density at radius 1 is 1.08 bits per heavy atom. The Bertz CT molecular complexity index is 882. The van der Waals surface area contributed by atoms with Gasteiger partial charge in [-0.1, -0.05) is 0 Å². The summed E-state index contributed by atoms with van der Waals surface area (Å²) in [5.74, 6) is 0.643. The number of thiazole rings is 2. The van der Waals surface area contributed by atoms with Gasteiger partial charge in [0.05, 0.1) is 23.5 Å². The maximum Gasteiger partial charge on any atom is 0.269 e. The zero-order valence-electron chi connectivity index (χ0n) is 13.8. The quantitative estimate of drug-likeness (QED) is 0.747. The summed E-state index contributed by atoms with van der Waals surface area (Å²) in [6.45, 7) is 5.73. The lowest BCUT2D eigenvalue weighted by atomic mass is 10.1. The summed E-state index contributed by atoms with van der Waals surface area (Å²) in [7, 11) is 1.64. The summed E-state index contributed by atoms with van der Waals surface area (Å²) in [6.07, 6.45) is 0. The van der Waals surface area contributed by atoms with Gasteiger partial charge in [-0.3, -0.25) is 10.1 Å². The second-order valence-electron chi connectivity index (χ2n) is 5.25. The Labute approximate surface area is 148 Å². The maximum atomic E-state index is 12.4. The first-order valence-electron chi connectivity index (χ1n) is 7.35. The number of methoxy groups -OCH3 is 1. The summed E-state index contributed by atoms with van der Waals surface area (Å²) in [4.78, 5) is 22.9. The first kappa shape index (κ1) is 16.6. The number of benzene rings is 1. The van der Waals surface area contributed by atoms with Gasteiger partial charge < -0.3 is 4.74 Å². The molecule has 0 fully saturated rings. The van der Waals surface area contributed by atoms with E-state index in [1.165, 1.54) is 22.7 Å². The summed E-state index contributed by atoms with van der Waals surface area (Å²) >= 11 is 2.86. The molecule has 0 radical (unpaired) electrons. The van der Waals surface area contributed by atoms with Crippen LogP contribution in [0.3, 0.4) is 0 Å². The van der Waals surface area contributed by atoms with E-state index in [1.807, 2.05) is 45.0 Å². The molecule has 1 N–H and O–H groups in total. The minimum atomic E-state index is -0.159. The van der Waals surface area contributed by atoms with Crippen LogP contribution in [0.1, 0.15) is 25.3 Å². The molecule has 0 saturated heterocycles. The molecule has 5 nitrogen and oxygen atoms in total. The molecule has 0 unspecified atom stereocenters. The van der Waals surface area contributed by atoms with Crippen LogP contribution in [0.5, 0.6) is 5.75 Å². The molecule has 3 rings (SSSR count). The van der Waals surface area contributed by atoms with Gasteiger partial charge in [0, 0.05) is 10.4 Å². The van der Waals surface area contributed by atoms with Crippen LogP contribution < -0.4 is 10.1 Å². The van der Waals surface area contributed by atoms with Crippen molar-refractivity contribution in [2.45, 2.75) is 20.8 Å². The van der Waals surface area contributed by atoms with E-state index in [1.54, 1.807) is 7.11 Å². The highest BCUT2D eigenvalue weighted by Gasteiger charge is 2.17.